The highest BCUT2D eigenvalue weighted by Gasteiger charge is 2.32. The summed E-state index contributed by atoms with van der Waals surface area (Å²) >= 11 is 1.45. The monoisotopic (exact) mass is 442 g/mol. The Kier molecular flexibility index (Phi) is 6.65. The van der Waals surface area contributed by atoms with Gasteiger partial charge in [0.05, 0.1) is 24.7 Å². The van der Waals surface area contributed by atoms with Gasteiger partial charge in [0.15, 0.2) is 0 Å². The summed E-state index contributed by atoms with van der Waals surface area (Å²) in [5.41, 5.74) is 1.02. The summed E-state index contributed by atoms with van der Waals surface area (Å²) < 4.78 is 10.2. The van der Waals surface area contributed by atoms with Crippen molar-refractivity contribution in [3.8, 4) is 0 Å². The number of amides is 2. The van der Waals surface area contributed by atoms with Crippen molar-refractivity contribution >= 4 is 29.5 Å². The average Bonchev–Trinajstić information content (AvgIpc) is 3.24. The first-order valence-corrected chi connectivity index (χ1v) is 11.5. The summed E-state index contributed by atoms with van der Waals surface area (Å²) in [6.45, 7) is 2.26. The van der Waals surface area contributed by atoms with Crippen molar-refractivity contribution in [1.82, 2.24) is 9.80 Å². The molecule has 2 amide bonds. The Hall–Kier alpha value is -2.74. The molecule has 0 N–H and O–H groups in total. The van der Waals surface area contributed by atoms with Gasteiger partial charge in [0.1, 0.15) is 11.3 Å². The first-order valence-electron chi connectivity index (χ1n) is 10.5. The van der Waals surface area contributed by atoms with Crippen LogP contribution >= 0.6 is 11.8 Å². The van der Waals surface area contributed by atoms with E-state index in [1.807, 2.05) is 34.1 Å². The third-order valence-electron chi connectivity index (χ3n) is 5.96. The van der Waals surface area contributed by atoms with Crippen molar-refractivity contribution < 1.29 is 23.5 Å². The van der Waals surface area contributed by atoms with E-state index in [4.69, 9.17) is 9.15 Å². The van der Waals surface area contributed by atoms with Crippen molar-refractivity contribution in [3.05, 3.63) is 53.5 Å². The number of hydrogen-bond acceptors (Lipinski definition) is 6. The van der Waals surface area contributed by atoms with Gasteiger partial charge < -0.3 is 19.0 Å². The number of esters is 1. The molecule has 1 aliphatic carbocycles. The molecule has 31 heavy (non-hydrogen) atoms. The van der Waals surface area contributed by atoms with Gasteiger partial charge in [-0.1, -0.05) is 18.6 Å². The van der Waals surface area contributed by atoms with Gasteiger partial charge in [-0.05, 0) is 31.0 Å². The smallest absolute Gasteiger partial charge is 0.341 e. The van der Waals surface area contributed by atoms with Gasteiger partial charge in [-0.2, -0.15) is 0 Å². The highest BCUT2D eigenvalue weighted by molar-refractivity contribution is 7.98. The lowest BCUT2D eigenvalue weighted by Crippen LogP contribution is -2.52. The Bertz CT molecular complexity index is 960. The number of furan rings is 1. The molecule has 0 bridgehead atoms. The third-order valence-corrected chi connectivity index (χ3v) is 7.03. The fourth-order valence-corrected chi connectivity index (χ4v) is 4.87. The fourth-order valence-electron chi connectivity index (χ4n) is 3.87. The van der Waals surface area contributed by atoms with Crippen LogP contribution in [0.4, 0.5) is 0 Å². The second-order valence-electron chi connectivity index (χ2n) is 7.78. The Morgan fingerprint density at radius 1 is 1.03 bits per heavy atom. The van der Waals surface area contributed by atoms with E-state index in [1.54, 1.807) is 6.07 Å². The zero-order valence-corrected chi connectivity index (χ0v) is 18.4. The summed E-state index contributed by atoms with van der Waals surface area (Å²) in [4.78, 5) is 42.0. The molecule has 1 aromatic carbocycles. The molecule has 0 radical (unpaired) electrons. The fraction of sp³-hybridized carbons (Fsp3) is 0.435. The molecule has 7 nitrogen and oxygen atoms in total. The molecule has 8 heteroatoms. The largest absolute Gasteiger partial charge is 0.468 e. The number of benzene rings is 1. The maximum absolute atomic E-state index is 13.2. The van der Waals surface area contributed by atoms with Crippen LogP contribution in [0.3, 0.4) is 0 Å². The normalized spacial score (nSPS) is 16.7. The van der Waals surface area contributed by atoms with E-state index in [2.05, 4.69) is 0 Å². The lowest BCUT2D eigenvalue weighted by Gasteiger charge is -2.38. The van der Waals surface area contributed by atoms with E-state index in [0.717, 1.165) is 24.2 Å². The standard InChI is InChI=1S/C23H26N2O5S/c1-29-23(28)17-9-14-30-19(17)15-31-20-8-3-2-7-18(20)22(27)25-12-10-24(11-13-25)21(26)16-5-4-6-16/h2-3,7-9,14,16H,4-6,10-13,15H2,1H3. The van der Waals surface area contributed by atoms with Crippen LogP contribution < -0.4 is 0 Å². The predicted molar refractivity (Wildman–Crippen MR) is 116 cm³/mol. The van der Waals surface area contributed by atoms with Gasteiger partial charge in [0.2, 0.25) is 5.91 Å². The van der Waals surface area contributed by atoms with Crippen molar-refractivity contribution in [2.24, 2.45) is 5.92 Å². The molecule has 0 spiro atoms. The second kappa shape index (κ2) is 9.60. The van der Waals surface area contributed by atoms with Gasteiger partial charge in [0, 0.05) is 37.0 Å². The lowest BCUT2D eigenvalue weighted by molar-refractivity contribution is -0.139. The van der Waals surface area contributed by atoms with Crippen molar-refractivity contribution in [2.75, 3.05) is 33.3 Å². The zero-order chi connectivity index (χ0) is 21.8. The SMILES string of the molecule is COC(=O)c1ccoc1CSc1ccccc1C(=O)N1CCN(C(=O)C2CCC2)CC1. The zero-order valence-electron chi connectivity index (χ0n) is 17.5. The number of ether oxygens (including phenoxy) is 1. The summed E-state index contributed by atoms with van der Waals surface area (Å²) in [7, 11) is 1.33. The lowest BCUT2D eigenvalue weighted by atomic mass is 9.84. The minimum atomic E-state index is -0.442. The molecular formula is C23H26N2O5S. The number of rotatable bonds is 6. The summed E-state index contributed by atoms with van der Waals surface area (Å²) in [5, 5.41) is 0. The number of piperazine rings is 1. The van der Waals surface area contributed by atoms with Crippen LogP contribution in [0.2, 0.25) is 0 Å². The van der Waals surface area contributed by atoms with Crippen LogP contribution in [-0.2, 0) is 15.3 Å². The van der Waals surface area contributed by atoms with Crippen LogP contribution in [0.1, 0.15) is 45.7 Å². The third kappa shape index (κ3) is 4.63. The first-order chi connectivity index (χ1) is 15.1. The van der Waals surface area contributed by atoms with Gasteiger partial charge in [-0.15, -0.1) is 11.8 Å². The minimum Gasteiger partial charge on any atom is -0.468 e. The van der Waals surface area contributed by atoms with E-state index in [-0.39, 0.29) is 17.7 Å². The Balaban J connectivity index is 1.39. The van der Waals surface area contributed by atoms with Crippen molar-refractivity contribution in [3.63, 3.8) is 0 Å². The van der Waals surface area contributed by atoms with Gasteiger partial charge in [0.25, 0.3) is 5.91 Å². The summed E-state index contributed by atoms with van der Waals surface area (Å²) in [5.74, 6) is 0.882. The van der Waals surface area contributed by atoms with Crippen LogP contribution in [0.25, 0.3) is 0 Å². The summed E-state index contributed by atoms with van der Waals surface area (Å²) in [6, 6.07) is 9.04. The minimum absolute atomic E-state index is 0.0357. The Morgan fingerprint density at radius 2 is 1.74 bits per heavy atom. The molecule has 1 saturated heterocycles. The summed E-state index contributed by atoms with van der Waals surface area (Å²) in [6.07, 6.45) is 4.60. The van der Waals surface area contributed by atoms with E-state index in [0.29, 0.717) is 48.8 Å². The first kappa shape index (κ1) is 21.5. The molecule has 2 heterocycles. The molecule has 164 valence electrons. The van der Waals surface area contributed by atoms with Crippen LogP contribution in [0.15, 0.2) is 45.9 Å². The number of nitrogens with zero attached hydrogens (tertiary/aromatic N) is 2. The Morgan fingerprint density at radius 3 is 2.42 bits per heavy atom. The maximum Gasteiger partial charge on any atom is 0.341 e. The number of methoxy groups -OCH3 is 1. The molecule has 2 fully saturated rings. The van der Waals surface area contributed by atoms with Gasteiger partial charge in [-0.25, -0.2) is 4.79 Å². The van der Waals surface area contributed by atoms with Crippen LogP contribution in [0, 0.1) is 5.92 Å². The molecule has 1 aromatic heterocycles. The number of carbonyl (C=O) groups is 3. The molecule has 0 unspecified atom stereocenters. The molecular weight excluding hydrogens is 416 g/mol. The maximum atomic E-state index is 13.2. The molecule has 2 aliphatic rings. The van der Waals surface area contributed by atoms with Crippen LogP contribution in [-0.4, -0.2) is 60.9 Å². The van der Waals surface area contributed by atoms with Gasteiger partial charge >= 0.3 is 5.97 Å². The topological polar surface area (TPSA) is 80.1 Å². The highest BCUT2D eigenvalue weighted by Crippen LogP contribution is 2.30. The number of hydrogen-bond donors (Lipinski definition) is 0. The second-order valence-corrected chi connectivity index (χ2v) is 8.80. The Labute approximate surface area is 185 Å². The van der Waals surface area contributed by atoms with Gasteiger partial charge in [-0.3, -0.25) is 9.59 Å². The molecule has 4 rings (SSSR count). The van der Waals surface area contributed by atoms with E-state index >= 15 is 0 Å². The molecule has 0 atom stereocenters. The average molecular weight is 443 g/mol. The molecule has 1 saturated carbocycles. The highest BCUT2D eigenvalue weighted by atomic mass is 32.2. The van der Waals surface area contributed by atoms with E-state index in [1.165, 1.54) is 25.1 Å². The quantitative estimate of drug-likeness (QED) is 0.504. The number of thioether (sulfide) groups is 1. The van der Waals surface area contributed by atoms with Crippen molar-refractivity contribution in [1.29, 1.82) is 0 Å². The predicted octanol–water partition coefficient (Wildman–Crippen LogP) is 3.44. The van der Waals surface area contributed by atoms with Crippen LogP contribution in [0.5, 0.6) is 0 Å². The van der Waals surface area contributed by atoms with E-state index < -0.39 is 5.97 Å². The molecule has 2 aromatic rings. The molecule has 1 aliphatic heterocycles. The number of carbonyl (C=O) groups excluding carboxylic acids is 3. The van der Waals surface area contributed by atoms with E-state index in [9.17, 15) is 14.4 Å². The van der Waals surface area contributed by atoms with Crippen molar-refractivity contribution in [2.45, 2.75) is 29.9 Å².